The fourth-order valence-electron chi connectivity index (χ4n) is 8.27. The summed E-state index contributed by atoms with van der Waals surface area (Å²) in [5.41, 5.74) is 0. The number of ether oxygens (including phenoxy) is 2. The molecule has 0 aromatic heterocycles. The Kier molecular flexibility index (Phi) is 38.9. The van der Waals surface area contributed by atoms with Crippen LogP contribution in [0.5, 0.6) is 0 Å². The molecule has 0 aromatic rings. The molecule has 1 aliphatic heterocycles. The van der Waals surface area contributed by atoms with E-state index in [4.69, 9.17) is 9.47 Å². The summed E-state index contributed by atoms with van der Waals surface area (Å²) in [6.45, 7) is 3.84. The van der Waals surface area contributed by atoms with Crippen molar-refractivity contribution in [1.82, 2.24) is 5.32 Å². The molecule has 1 rings (SSSR count). The Hall–Kier alpha value is -1.07. The zero-order valence-corrected chi connectivity index (χ0v) is 38.5. The Morgan fingerprint density at radius 3 is 1.37 bits per heavy atom. The molecule has 0 saturated carbocycles. The fraction of sp³-hybridized carbons (Fsp3) is 0.940. The molecule has 350 valence electrons. The molecule has 1 amide bonds. The molecule has 59 heavy (non-hydrogen) atoms. The zero-order valence-electron chi connectivity index (χ0n) is 38.5. The van der Waals surface area contributed by atoms with E-state index >= 15 is 0 Å². The summed E-state index contributed by atoms with van der Waals surface area (Å²) in [5, 5.41) is 54.5. The molecule has 0 radical (unpaired) electrons. The second-order valence-corrected chi connectivity index (χ2v) is 18.0. The number of rotatable bonds is 43. The third-order valence-electron chi connectivity index (χ3n) is 12.4. The molecule has 0 aromatic carbocycles. The monoisotopic (exact) mass is 840 g/mol. The van der Waals surface area contributed by atoms with E-state index in [9.17, 15) is 30.3 Å². The van der Waals surface area contributed by atoms with Gasteiger partial charge in [0, 0.05) is 6.42 Å². The number of unbranched alkanes of at least 4 members (excludes halogenated alkanes) is 31. The SMILES string of the molecule is CCCCCCC/C=C\CCCCCCCC(=O)NC(COC1OC(CO)C(O)C(O)C1O)C(O)CCCCCCCCCCCCCCCCCCCCCCCC. The van der Waals surface area contributed by atoms with E-state index in [0.29, 0.717) is 12.8 Å². The molecule has 6 N–H and O–H groups in total. The zero-order chi connectivity index (χ0) is 43.0. The van der Waals surface area contributed by atoms with Crippen LogP contribution < -0.4 is 5.32 Å². The molecule has 0 aliphatic carbocycles. The summed E-state index contributed by atoms with van der Waals surface area (Å²) in [7, 11) is 0. The van der Waals surface area contributed by atoms with Gasteiger partial charge >= 0.3 is 0 Å². The number of aliphatic hydroxyl groups excluding tert-OH is 5. The van der Waals surface area contributed by atoms with Crippen LogP contribution in [0.2, 0.25) is 0 Å². The van der Waals surface area contributed by atoms with Crippen molar-refractivity contribution in [2.45, 2.75) is 288 Å². The van der Waals surface area contributed by atoms with Gasteiger partial charge in [0.1, 0.15) is 24.4 Å². The minimum atomic E-state index is -1.55. The number of carbonyl (C=O) groups excluding carboxylic acids is 1. The summed E-state index contributed by atoms with van der Waals surface area (Å²) in [4.78, 5) is 13.0. The van der Waals surface area contributed by atoms with E-state index in [2.05, 4.69) is 31.3 Å². The molecule has 0 spiro atoms. The quantitative estimate of drug-likeness (QED) is 0.0263. The van der Waals surface area contributed by atoms with Crippen LogP contribution >= 0.6 is 0 Å². The number of hydrogen-bond donors (Lipinski definition) is 6. The van der Waals surface area contributed by atoms with Gasteiger partial charge in [0.2, 0.25) is 5.91 Å². The normalized spacial score (nSPS) is 20.7. The molecule has 7 atom stereocenters. The number of carbonyl (C=O) groups is 1. The summed E-state index contributed by atoms with van der Waals surface area (Å²) < 4.78 is 11.3. The maximum Gasteiger partial charge on any atom is 0.220 e. The van der Waals surface area contributed by atoms with Crippen molar-refractivity contribution in [3.63, 3.8) is 0 Å². The number of aliphatic hydroxyl groups is 5. The van der Waals surface area contributed by atoms with Crippen molar-refractivity contribution in [3.8, 4) is 0 Å². The molecule has 1 saturated heterocycles. The molecule has 1 aliphatic rings. The van der Waals surface area contributed by atoms with Crippen LogP contribution in [0.4, 0.5) is 0 Å². The Bertz CT molecular complexity index is 935. The van der Waals surface area contributed by atoms with Crippen molar-refractivity contribution in [1.29, 1.82) is 0 Å². The Morgan fingerprint density at radius 2 is 0.949 bits per heavy atom. The average Bonchev–Trinajstić information content (AvgIpc) is 3.23. The first-order valence-electron chi connectivity index (χ1n) is 25.4. The highest BCUT2D eigenvalue weighted by molar-refractivity contribution is 5.76. The summed E-state index contributed by atoms with van der Waals surface area (Å²) >= 11 is 0. The average molecular weight is 840 g/mol. The van der Waals surface area contributed by atoms with Gasteiger partial charge in [-0.1, -0.05) is 212 Å². The lowest BCUT2D eigenvalue weighted by Crippen LogP contribution is -2.60. The van der Waals surface area contributed by atoms with E-state index < -0.39 is 49.5 Å². The first-order valence-corrected chi connectivity index (χ1v) is 25.4. The van der Waals surface area contributed by atoms with Crippen molar-refractivity contribution >= 4 is 5.91 Å². The molecule has 0 bridgehead atoms. The van der Waals surface area contributed by atoms with Crippen LogP contribution in [0.15, 0.2) is 12.2 Å². The molecule has 9 nitrogen and oxygen atoms in total. The summed E-state index contributed by atoms with van der Waals surface area (Å²) in [6, 6.07) is -0.719. The topological polar surface area (TPSA) is 149 Å². The summed E-state index contributed by atoms with van der Waals surface area (Å²) in [6.07, 6.45) is 40.8. The third kappa shape index (κ3) is 31.4. The maximum atomic E-state index is 13.0. The standard InChI is InChI=1S/C50H97NO8/c1-3-5-7-9-11-13-15-17-19-20-21-22-23-24-25-26-27-29-31-33-35-37-39-44(53)43(42-58-50-49(57)48(56)47(55)45(41-52)59-50)51-46(54)40-38-36-34-32-30-28-18-16-14-12-10-8-6-4-2/h16,18,43-45,47-50,52-53,55-57H,3-15,17,19-42H2,1-2H3,(H,51,54)/b18-16-. The van der Waals surface area contributed by atoms with Crippen LogP contribution in [0.1, 0.15) is 245 Å². The Balaban J connectivity index is 2.25. The van der Waals surface area contributed by atoms with Gasteiger partial charge in [-0.25, -0.2) is 0 Å². The molecular weight excluding hydrogens is 743 g/mol. The van der Waals surface area contributed by atoms with Crippen molar-refractivity contribution in [3.05, 3.63) is 12.2 Å². The van der Waals surface area contributed by atoms with E-state index in [1.165, 1.54) is 167 Å². The van der Waals surface area contributed by atoms with E-state index in [0.717, 1.165) is 51.4 Å². The first-order chi connectivity index (χ1) is 28.8. The van der Waals surface area contributed by atoms with E-state index in [1.807, 2.05) is 0 Å². The van der Waals surface area contributed by atoms with Gasteiger partial charge in [0.15, 0.2) is 6.29 Å². The van der Waals surface area contributed by atoms with Gasteiger partial charge in [-0.05, 0) is 38.5 Å². The third-order valence-corrected chi connectivity index (χ3v) is 12.4. The lowest BCUT2D eigenvalue weighted by atomic mass is 9.99. The van der Waals surface area contributed by atoms with Gasteiger partial charge in [-0.2, -0.15) is 0 Å². The molecule has 7 unspecified atom stereocenters. The van der Waals surface area contributed by atoms with Crippen molar-refractivity contribution in [2.24, 2.45) is 0 Å². The van der Waals surface area contributed by atoms with Crippen molar-refractivity contribution in [2.75, 3.05) is 13.2 Å². The van der Waals surface area contributed by atoms with E-state index in [-0.39, 0.29) is 12.5 Å². The predicted octanol–water partition coefficient (Wildman–Crippen LogP) is 11.3. The highest BCUT2D eigenvalue weighted by Gasteiger charge is 2.44. The fourth-order valence-corrected chi connectivity index (χ4v) is 8.27. The second kappa shape index (κ2) is 41.0. The largest absolute Gasteiger partial charge is 0.394 e. The van der Waals surface area contributed by atoms with Crippen molar-refractivity contribution < 1.29 is 39.8 Å². The number of hydrogen-bond acceptors (Lipinski definition) is 8. The summed E-state index contributed by atoms with van der Waals surface area (Å²) in [5.74, 6) is -0.151. The lowest BCUT2D eigenvalue weighted by Gasteiger charge is -2.40. The highest BCUT2D eigenvalue weighted by atomic mass is 16.7. The molecule has 1 fully saturated rings. The van der Waals surface area contributed by atoms with Crippen LogP contribution in [0.25, 0.3) is 0 Å². The first kappa shape index (κ1) is 55.9. The Morgan fingerprint density at radius 1 is 0.559 bits per heavy atom. The Labute approximate surface area is 363 Å². The van der Waals surface area contributed by atoms with Crippen LogP contribution in [0.3, 0.4) is 0 Å². The number of allylic oxidation sites excluding steroid dienone is 2. The number of nitrogens with one attached hydrogen (secondary N) is 1. The molecule has 1 heterocycles. The van der Waals surface area contributed by atoms with Crippen LogP contribution in [0, 0.1) is 0 Å². The molecular formula is C50H97NO8. The lowest BCUT2D eigenvalue weighted by molar-refractivity contribution is -0.302. The van der Waals surface area contributed by atoms with Crippen LogP contribution in [-0.2, 0) is 14.3 Å². The van der Waals surface area contributed by atoms with Gasteiger partial charge < -0.3 is 40.3 Å². The van der Waals surface area contributed by atoms with Gasteiger partial charge in [0.05, 0.1) is 25.4 Å². The van der Waals surface area contributed by atoms with Gasteiger partial charge in [-0.3, -0.25) is 4.79 Å². The maximum absolute atomic E-state index is 13.0. The predicted molar refractivity (Wildman–Crippen MR) is 244 cm³/mol. The van der Waals surface area contributed by atoms with Crippen LogP contribution in [-0.4, -0.2) is 87.5 Å². The van der Waals surface area contributed by atoms with Gasteiger partial charge in [0.25, 0.3) is 0 Å². The van der Waals surface area contributed by atoms with Gasteiger partial charge in [-0.15, -0.1) is 0 Å². The number of amides is 1. The smallest absolute Gasteiger partial charge is 0.220 e. The highest BCUT2D eigenvalue weighted by Crippen LogP contribution is 2.23. The minimum Gasteiger partial charge on any atom is -0.394 e. The molecule has 9 heteroatoms. The second-order valence-electron chi connectivity index (χ2n) is 18.0. The minimum absolute atomic E-state index is 0.138. The van der Waals surface area contributed by atoms with E-state index in [1.54, 1.807) is 0 Å².